The van der Waals surface area contributed by atoms with E-state index >= 15 is 0 Å². The van der Waals surface area contributed by atoms with Crippen molar-refractivity contribution in [1.82, 2.24) is 10.9 Å². The van der Waals surface area contributed by atoms with Crippen LogP contribution in [-0.4, -0.2) is 38.9 Å². The lowest BCUT2D eigenvalue weighted by Gasteiger charge is -2.42. The summed E-state index contributed by atoms with van der Waals surface area (Å²) >= 11 is 0. The van der Waals surface area contributed by atoms with Gasteiger partial charge in [0, 0.05) is 37.9 Å². The Morgan fingerprint density at radius 1 is 1.33 bits per heavy atom. The zero-order chi connectivity index (χ0) is 17.6. The van der Waals surface area contributed by atoms with E-state index in [1.54, 1.807) is 7.05 Å². The predicted molar refractivity (Wildman–Crippen MR) is 97.7 cm³/mol. The molecule has 1 aliphatic heterocycles. The van der Waals surface area contributed by atoms with Gasteiger partial charge in [0.05, 0.1) is 13.2 Å². The highest BCUT2D eigenvalue weighted by Gasteiger charge is 2.41. The minimum absolute atomic E-state index is 0.105. The van der Waals surface area contributed by atoms with Crippen molar-refractivity contribution in [3.63, 3.8) is 0 Å². The van der Waals surface area contributed by atoms with Gasteiger partial charge in [0.2, 0.25) is 0 Å². The number of hydrogen-bond acceptors (Lipinski definition) is 4. The molecule has 5 heteroatoms. The summed E-state index contributed by atoms with van der Waals surface area (Å²) in [6, 6.07) is 6.34. The van der Waals surface area contributed by atoms with Crippen LogP contribution < -0.4 is 10.9 Å². The number of hydrogen-bond donors (Lipinski definition) is 2. The summed E-state index contributed by atoms with van der Waals surface area (Å²) in [6.07, 6.45) is 3.11. The first kappa shape index (κ1) is 18.6. The maximum atomic E-state index is 12.5. The first-order valence-corrected chi connectivity index (χ1v) is 8.73. The van der Waals surface area contributed by atoms with E-state index in [1.165, 1.54) is 5.56 Å². The van der Waals surface area contributed by atoms with Crippen LogP contribution in [0.4, 0.5) is 0 Å². The highest BCUT2D eigenvalue weighted by atomic mass is 16.5. The summed E-state index contributed by atoms with van der Waals surface area (Å²) in [5.41, 5.74) is 9.08. The number of benzene rings is 1. The number of carbonyl (C=O) groups excluding carboxylic acids is 1. The summed E-state index contributed by atoms with van der Waals surface area (Å²) in [5.74, 6) is 1.13. The molecule has 0 unspecified atom stereocenters. The van der Waals surface area contributed by atoms with Crippen molar-refractivity contribution in [1.29, 1.82) is 0 Å². The normalized spacial score (nSPS) is 16.6. The molecule has 2 N–H and O–H groups in total. The molecule has 1 aromatic rings. The van der Waals surface area contributed by atoms with Crippen molar-refractivity contribution < 1.29 is 9.53 Å². The Labute approximate surface area is 144 Å². The summed E-state index contributed by atoms with van der Waals surface area (Å²) in [4.78, 5) is 16.8. The smallest absolute Gasteiger partial charge is 0.163 e. The number of hydrazine groups is 1. The van der Waals surface area contributed by atoms with E-state index < -0.39 is 0 Å². The highest BCUT2D eigenvalue weighted by molar-refractivity contribution is 5.97. The second kappa shape index (κ2) is 8.40. The topological polar surface area (TPSA) is 62.7 Å². The van der Waals surface area contributed by atoms with Gasteiger partial charge in [-0.25, -0.2) is 5.43 Å². The molecule has 0 aliphatic carbocycles. The Balaban J connectivity index is 2.35. The third-order valence-corrected chi connectivity index (χ3v) is 4.68. The van der Waals surface area contributed by atoms with E-state index in [0.717, 1.165) is 36.2 Å². The summed E-state index contributed by atoms with van der Waals surface area (Å²) in [6.45, 7) is 5.45. The molecule has 1 aromatic carbocycles. The van der Waals surface area contributed by atoms with E-state index in [4.69, 9.17) is 4.74 Å². The van der Waals surface area contributed by atoms with Crippen LogP contribution in [0.2, 0.25) is 0 Å². The predicted octanol–water partition coefficient (Wildman–Crippen LogP) is 2.64. The molecule has 0 spiro atoms. The van der Waals surface area contributed by atoms with Crippen LogP contribution in [0.25, 0.3) is 0 Å². The summed E-state index contributed by atoms with van der Waals surface area (Å²) < 4.78 is 5.53. The molecule has 132 valence electrons. The van der Waals surface area contributed by atoms with E-state index in [0.29, 0.717) is 19.6 Å². The standard InChI is InChI=1S/C19H29N3O2/c1-5-7-17(23)16-10-15(9-8-14(16)6-2)19(12-24-13-19)11-18(20-3)22-21-4/h8-10,21H,5-7,11-13H2,1-4H3,(H,20,22). The van der Waals surface area contributed by atoms with Crippen molar-refractivity contribution >= 4 is 11.6 Å². The number of ether oxygens (including phenoxy) is 1. The van der Waals surface area contributed by atoms with E-state index in [9.17, 15) is 4.79 Å². The minimum Gasteiger partial charge on any atom is -0.379 e. The summed E-state index contributed by atoms with van der Waals surface area (Å²) in [5, 5.41) is 0. The lowest BCUT2D eigenvalue weighted by atomic mass is 9.74. The van der Waals surface area contributed by atoms with Crippen LogP contribution in [0.1, 0.15) is 54.6 Å². The molecule has 5 nitrogen and oxygen atoms in total. The van der Waals surface area contributed by atoms with E-state index in [2.05, 4.69) is 41.0 Å². The fourth-order valence-electron chi connectivity index (χ4n) is 3.20. The molecule has 0 bridgehead atoms. The Bertz CT molecular complexity index is 607. The van der Waals surface area contributed by atoms with Gasteiger partial charge < -0.3 is 10.2 Å². The van der Waals surface area contributed by atoms with Gasteiger partial charge in [-0.05, 0) is 30.0 Å². The van der Waals surface area contributed by atoms with Crippen LogP contribution in [0.15, 0.2) is 23.2 Å². The van der Waals surface area contributed by atoms with Gasteiger partial charge in [0.1, 0.15) is 5.84 Å². The van der Waals surface area contributed by atoms with Gasteiger partial charge in [-0.15, -0.1) is 0 Å². The maximum absolute atomic E-state index is 12.5. The number of ketones is 1. The van der Waals surface area contributed by atoms with Crippen molar-refractivity contribution in [2.24, 2.45) is 4.99 Å². The first-order chi connectivity index (χ1) is 11.6. The van der Waals surface area contributed by atoms with Gasteiger partial charge in [0.25, 0.3) is 0 Å². The number of amidine groups is 1. The number of aliphatic imine (C=N–C) groups is 1. The molecule has 0 radical (unpaired) electrons. The fraction of sp³-hybridized carbons (Fsp3) is 0.579. The van der Waals surface area contributed by atoms with Crippen molar-refractivity contribution in [3.05, 3.63) is 34.9 Å². The second-order valence-corrected chi connectivity index (χ2v) is 6.39. The fourth-order valence-corrected chi connectivity index (χ4v) is 3.20. The lowest BCUT2D eigenvalue weighted by Crippen LogP contribution is -2.51. The molecule has 1 heterocycles. The Morgan fingerprint density at radius 3 is 2.58 bits per heavy atom. The van der Waals surface area contributed by atoms with E-state index in [-0.39, 0.29) is 11.2 Å². The van der Waals surface area contributed by atoms with Gasteiger partial charge in [0.15, 0.2) is 5.78 Å². The largest absolute Gasteiger partial charge is 0.379 e. The van der Waals surface area contributed by atoms with E-state index in [1.807, 2.05) is 14.0 Å². The number of carbonyl (C=O) groups is 1. The lowest BCUT2D eigenvalue weighted by molar-refractivity contribution is -0.0567. The monoisotopic (exact) mass is 331 g/mol. The van der Waals surface area contributed by atoms with Gasteiger partial charge in [-0.1, -0.05) is 26.0 Å². The van der Waals surface area contributed by atoms with Gasteiger partial charge in [-0.3, -0.25) is 9.79 Å². The van der Waals surface area contributed by atoms with Gasteiger partial charge >= 0.3 is 0 Å². The minimum atomic E-state index is -0.105. The molecular weight excluding hydrogens is 302 g/mol. The molecule has 0 atom stereocenters. The number of aryl methyl sites for hydroxylation is 1. The van der Waals surface area contributed by atoms with Gasteiger partial charge in [-0.2, -0.15) is 0 Å². The van der Waals surface area contributed by atoms with Crippen LogP contribution in [-0.2, 0) is 16.6 Å². The van der Waals surface area contributed by atoms with Crippen LogP contribution >= 0.6 is 0 Å². The molecule has 0 aromatic heterocycles. The average Bonchev–Trinajstić information content (AvgIpc) is 2.56. The molecule has 2 rings (SSSR count). The number of Topliss-reactive ketones (excluding diaryl/α,β-unsaturated/α-hetero) is 1. The van der Waals surface area contributed by atoms with Crippen LogP contribution in [0.3, 0.4) is 0 Å². The molecular formula is C19H29N3O2. The third-order valence-electron chi connectivity index (χ3n) is 4.68. The molecule has 1 saturated heterocycles. The molecule has 1 aliphatic rings. The quantitative estimate of drug-likeness (QED) is 0.333. The van der Waals surface area contributed by atoms with Crippen molar-refractivity contribution in [2.45, 2.75) is 44.9 Å². The maximum Gasteiger partial charge on any atom is 0.163 e. The number of nitrogens with zero attached hydrogens (tertiary/aromatic N) is 1. The van der Waals surface area contributed by atoms with Crippen LogP contribution in [0.5, 0.6) is 0 Å². The molecule has 24 heavy (non-hydrogen) atoms. The molecule has 0 amide bonds. The van der Waals surface area contributed by atoms with Crippen molar-refractivity contribution in [2.75, 3.05) is 27.3 Å². The molecule has 1 fully saturated rings. The zero-order valence-electron chi connectivity index (χ0n) is 15.2. The Kier molecular flexibility index (Phi) is 6.52. The zero-order valence-corrected chi connectivity index (χ0v) is 15.2. The van der Waals surface area contributed by atoms with Crippen LogP contribution in [0, 0.1) is 0 Å². The Hall–Kier alpha value is -1.72. The Morgan fingerprint density at radius 2 is 2.08 bits per heavy atom. The SMILES string of the molecule is CCCC(=O)c1cc(C2(CC(=NC)NNC)COC2)ccc1CC. The number of nitrogens with one attached hydrogen (secondary N) is 2. The summed E-state index contributed by atoms with van der Waals surface area (Å²) in [7, 11) is 3.61. The average molecular weight is 331 g/mol. The third kappa shape index (κ3) is 3.84. The molecule has 0 saturated carbocycles. The number of rotatable bonds is 8. The second-order valence-electron chi connectivity index (χ2n) is 6.39. The first-order valence-electron chi connectivity index (χ1n) is 8.73. The highest BCUT2D eigenvalue weighted by Crippen LogP contribution is 2.37. The van der Waals surface area contributed by atoms with Crippen molar-refractivity contribution in [3.8, 4) is 0 Å².